The Balaban J connectivity index is 1.80. The quantitative estimate of drug-likeness (QED) is 0.548. The predicted octanol–water partition coefficient (Wildman–Crippen LogP) is 3.51. The van der Waals surface area contributed by atoms with Gasteiger partial charge in [0.15, 0.2) is 0 Å². The molecule has 26 heavy (non-hydrogen) atoms. The van der Waals surface area contributed by atoms with Gasteiger partial charge in [0.25, 0.3) is 0 Å². The number of benzene rings is 1. The van der Waals surface area contributed by atoms with E-state index in [2.05, 4.69) is 51.4 Å². The van der Waals surface area contributed by atoms with E-state index in [0.717, 1.165) is 33.3 Å². The van der Waals surface area contributed by atoms with Crippen molar-refractivity contribution in [2.24, 2.45) is 0 Å². The third kappa shape index (κ3) is 3.10. The molecule has 128 valence electrons. The third-order valence-corrected chi connectivity index (χ3v) is 4.07. The van der Waals surface area contributed by atoms with Crippen molar-refractivity contribution in [1.29, 1.82) is 0 Å². The molecule has 0 saturated heterocycles. The maximum Gasteiger partial charge on any atom is 0.120 e. The lowest BCUT2D eigenvalue weighted by atomic mass is 10.0. The van der Waals surface area contributed by atoms with E-state index in [1.54, 1.807) is 20.0 Å². The number of aliphatic hydroxyl groups is 1. The molecule has 0 atom stereocenters. The number of hydrogen-bond donors (Lipinski definition) is 2. The van der Waals surface area contributed by atoms with Crippen LogP contribution in [-0.2, 0) is 0 Å². The molecule has 5 heteroatoms. The van der Waals surface area contributed by atoms with Gasteiger partial charge in [0, 0.05) is 23.5 Å². The second-order valence-corrected chi connectivity index (χ2v) is 6.65. The van der Waals surface area contributed by atoms with E-state index in [4.69, 9.17) is 0 Å². The summed E-state index contributed by atoms with van der Waals surface area (Å²) in [7, 11) is 0. The summed E-state index contributed by atoms with van der Waals surface area (Å²) in [5, 5.41) is 21.2. The summed E-state index contributed by atoms with van der Waals surface area (Å²) in [5.74, 6) is 5.96. The van der Waals surface area contributed by atoms with Gasteiger partial charge >= 0.3 is 0 Å². The van der Waals surface area contributed by atoms with Crippen LogP contribution in [0.2, 0.25) is 0 Å². The second-order valence-electron chi connectivity index (χ2n) is 6.65. The van der Waals surface area contributed by atoms with Gasteiger partial charge in [0.1, 0.15) is 5.60 Å². The van der Waals surface area contributed by atoms with Crippen LogP contribution in [0.1, 0.15) is 19.4 Å². The first-order valence-electron chi connectivity index (χ1n) is 8.33. The van der Waals surface area contributed by atoms with Crippen LogP contribution in [0.5, 0.6) is 0 Å². The van der Waals surface area contributed by atoms with Crippen LogP contribution in [0.4, 0.5) is 0 Å². The zero-order chi connectivity index (χ0) is 18.1. The van der Waals surface area contributed by atoms with Crippen molar-refractivity contribution in [3.8, 4) is 34.1 Å². The van der Waals surface area contributed by atoms with Crippen molar-refractivity contribution in [1.82, 2.24) is 19.8 Å². The van der Waals surface area contributed by atoms with Gasteiger partial charge < -0.3 is 5.11 Å². The van der Waals surface area contributed by atoms with Crippen molar-refractivity contribution in [3.05, 3.63) is 66.7 Å². The van der Waals surface area contributed by atoms with E-state index in [9.17, 15) is 5.11 Å². The summed E-state index contributed by atoms with van der Waals surface area (Å²) in [4.78, 5) is 0. The molecule has 0 aliphatic rings. The molecule has 0 radical (unpaired) electrons. The van der Waals surface area contributed by atoms with E-state index in [-0.39, 0.29) is 0 Å². The van der Waals surface area contributed by atoms with Crippen LogP contribution in [0.3, 0.4) is 0 Å². The van der Waals surface area contributed by atoms with Crippen LogP contribution in [0.15, 0.2) is 61.2 Å². The van der Waals surface area contributed by atoms with Gasteiger partial charge in [-0.3, -0.25) is 5.10 Å². The molecule has 4 aromatic rings. The van der Waals surface area contributed by atoms with Crippen LogP contribution in [-0.4, -0.2) is 30.5 Å². The number of fused-ring (bicyclic) bond motifs is 1. The van der Waals surface area contributed by atoms with E-state index < -0.39 is 5.60 Å². The first-order valence-corrected chi connectivity index (χ1v) is 8.33. The van der Waals surface area contributed by atoms with Crippen LogP contribution in [0.25, 0.3) is 27.8 Å². The molecule has 0 bridgehead atoms. The largest absolute Gasteiger partial charge is 0.378 e. The number of nitrogens with one attached hydrogen (secondary N) is 1. The highest BCUT2D eigenvalue weighted by atomic mass is 16.3. The molecule has 2 N–H and O–H groups in total. The summed E-state index contributed by atoms with van der Waals surface area (Å²) in [6.45, 7) is 3.35. The van der Waals surface area contributed by atoms with Crippen molar-refractivity contribution < 1.29 is 5.11 Å². The molecule has 3 heterocycles. The molecule has 0 fully saturated rings. The number of aromatic nitrogens is 4. The minimum absolute atomic E-state index is 0.834. The molecular formula is C21H18N4O. The molecule has 0 unspecified atom stereocenters. The number of H-pyrrole nitrogens is 1. The zero-order valence-corrected chi connectivity index (χ0v) is 14.6. The summed E-state index contributed by atoms with van der Waals surface area (Å²) >= 11 is 0. The minimum atomic E-state index is -1.04. The monoisotopic (exact) mass is 342 g/mol. The summed E-state index contributed by atoms with van der Waals surface area (Å²) in [5.41, 5.74) is 4.93. The third-order valence-electron chi connectivity index (χ3n) is 4.07. The van der Waals surface area contributed by atoms with Crippen molar-refractivity contribution in [2.75, 3.05) is 0 Å². The Labute approximate surface area is 151 Å². The molecule has 3 aromatic heterocycles. The highest BCUT2D eigenvalue weighted by Gasteiger charge is 2.12. The Kier molecular flexibility index (Phi) is 3.83. The molecular weight excluding hydrogens is 324 g/mol. The maximum absolute atomic E-state index is 9.91. The predicted molar refractivity (Wildman–Crippen MR) is 101 cm³/mol. The fourth-order valence-electron chi connectivity index (χ4n) is 2.83. The van der Waals surface area contributed by atoms with Crippen molar-refractivity contribution in [2.45, 2.75) is 19.4 Å². The number of rotatable bonds is 2. The van der Waals surface area contributed by atoms with Crippen LogP contribution >= 0.6 is 0 Å². The van der Waals surface area contributed by atoms with Crippen molar-refractivity contribution >= 4 is 5.52 Å². The van der Waals surface area contributed by atoms with Crippen molar-refractivity contribution in [3.63, 3.8) is 0 Å². The number of nitrogens with zero attached hydrogens (tertiary/aromatic N) is 3. The van der Waals surface area contributed by atoms with Crippen LogP contribution < -0.4 is 0 Å². The van der Waals surface area contributed by atoms with E-state index in [0.29, 0.717) is 0 Å². The van der Waals surface area contributed by atoms with Gasteiger partial charge in [-0.2, -0.15) is 10.2 Å². The second kappa shape index (κ2) is 6.17. The number of aromatic amines is 1. The van der Waals surface area contributed by atoms with Gasteiger partial charge in [-0.1, -0.05) is 36.1 Å². The first-order chi connectivity index (χ1) is 12.5. The standard InChI is InChI=1S/C21H18N4O/c1-21(2,26)10-9-17-4-3-11-25-20(17)19(14-24-25)16-7-5-15(6-8-16)18-12-22-23-13-18/h3-8,11-14,26H,1-2H3,(H,22,23). The van der Waals surface area contributed by atoms with E-state index in [1.807, 2.05) is 35.2 Å². The van der Waals surface area contributed by atoms with Gasteiger partial charge in [-0.05, 0) is 37.1 Å². The molecule has 0 aliphatic heterocycles. The Morgan fingerprint density at radius 1 is 1.04 bits per heavy atom. The average molecular weight is 342 g/mol. The lowest BCUT2D eigenvalue weighted by Crippen LogP contribution is -2.14. The first kappa shape index (κ1) is 16.1. The molecule has 5 nitrogen and oxygen atoms in total. The molecule has 4 rings (SSSR count). The van der Waals surface area contributed by atoms with Gasteiger partial charge in [-0.15, -0.1) is 0 Å². The molecule has 0 amide bonds. The fourth-order valence-corrected chi connectivity index (χ4v) is 2.83. The normalized spacial score (nSPS) is 11.3. The fraction of sp³-hybridized carbons (Fsp3) is 0.143. The maximum atomic E-state index is 9.91. The van der Waals surface area contributed by atoms with E-state index in [1.165, 1.54) is 0 Å². The highest BCUT2D eigenvalue weighted by molar-refractivity contribution is 5.85. The Morgan fingerprint density at radius 2 is 1.81 bits per heavy atom. The van der Waals surface area contributed by atoms with Crippen LogP contribution in [0, 0.1) is 11.8 Å². The average Bonchev–Trinajstić information content (AvgIpc) is 3.29. The summed E-state index contributed by atoms with van der Waals surface area (Å²) < 4.78 is 1.81. The summed E-state index contributed by atoms with van der Waals surface area (Å²) in [6, 6.07) is 12.1. The molecule has 0 aliphatic carbocycles. The van der Waals surface area contributed by atoms with Gasteiger partial charge in [-0.25, -0.2) is 4.52 Å². The SMILES string of the molecule is CC(C)(O)C#Cc1cccn2ncc(-c3ccc(-c4cn[nH]c4)cc3)c12. The highest BCUT2D eigenvalue weighted by Crippen LogP contribution is 2.29. The Morgan fingerprint density at radius 3 is 2.50 bits per heavy atom. The number of hydrogen-bond acceptors (Lipinski definition) is 3. The molecule has 0 spiro atoms. The van der Waals surface area contributed by atoms with E-state index >= 15 is 0 Å². The smallest absolute Gasteiger partial charge is 0.120 e. The molecule has 0 saturated carbocycles. The Hall–Kier alpha value is -3.36. The topological polar surface area (TPSA) is 66.2 Å². The van der Waals surface area contributed by atoms with Gasteiger partial charge in [0.05, 0.1) is 23.5 Å². The summed E-state index contributed by atoms with van der Waals surface area (Å²) in [6.07, 6.45) is 7.41. The minimum Gasteiger partial charge on any atom is -0.378 e. The lowest BCUT2D eigenvalue weighted by molar-refractivity contribution is 0.143. The molecule has 1 aromatic carbocycles. The Bertz CT molecular complexity index is 1100. The lowest BCUT2D eigenvalue weighted by Gasteiger charge is -2.07. The number of pyridine rings is 1. The van der Waals surface area contributed by atoms with Gasteiger partial charge in [0.2, 0.25) is 0 Å². The zero-order valence-electron chi connectivity index (χ0n) is 14.6.